The zero-order chi connectivity index (χ0) is 24.1. The number of anilines is 1. The fraction of sp³-hybridized carbons (Fsp3) is 0.192. The van der Waals surface area contributed by atoms with Gasteiger partial charge in [0.15, 0.2) is 0 Å². The minimum Gasteiger partial charge on any atom is -0.354 e. The molecule has 2 aromatic carbocycles. The van der Waals surface area contributed by atoms with Crippen LogP contribution in [-0.2, 0) is 6.18 Å². The van der Waals surface area contributed by atoms with E-state index >= 15 is 0 Å². The summed E-state index contributed by atoms with van der Waals surface area (Å²) >= 11 is 0. The minimum atomic E-state index is -4.44. The smallest absolute Gasteiger partial charge is 0.354 e. The van der Waals surface area contributed by atoms with Gasteiger partial charge in [-0.1, -0.05) is 49.4 Å². The average Bonchev–Trinajstić information content (AvgIpc) is 2.87. The molecule has 0 aliphatic carbocycles. The fourth-order valence-electron chi connectivity index (χ4n) is 3.65. The first kappa shape index (κ1) is 26.1. The van der Waals surface area contributed by atoms with Crippen LogP contribution in [-0.4, -0.2) is 21.5 Å². The number of hydrogen-bond acceptors (Lipinski definition) is 5. The van der Waals surface area contributed by atoms with E-state index in [1.54, 1.807) is 36.8 Å². The van der Waals surface area contributed by atoms with Crippen LogP contribution in [0.4, 0.5) is 19.1 Å². The number of nitrogens with one attached hydrogen (secondary N) is 1. The molecule has 0 amide bonds. The summed E-state index contributed by atoms with van der Waals surface area (Å²) in [5.41, 5.74) is 8.82. The summed E-state index contributed by atoms with van der Waals surface area (Å²) in [5.74, 6) is 0.452. The molecule has 182 valence electrons. The number of rotatable bonds is 7. The van der Waals surface area contributed by atoms with Crippen LogP contribution >= 0.6 is 12.4 Å². The third kappa shape index (κ3) is 6.35. The molecule has 0 unspecified atom stereocenters. The van der Waals surface area contributed by atoms with Gasteiger partial charge in [-0.25, -0.2) is 9.97 Å². The number of nitrogens with zero attached hydrogens (tertiary/aromatic N) is 3. The quantitative estimate of drug-likeness (QED) is 0.308. The van der Waals surface area contributed by atoms with Crippen molar-refractivity contribution in [3.05, 3.63) is 96.4 Å². The third-order valence-electron chi connectivity index (χ3n) is 5.62. The summed E-state index contributed by atoms with van der Waals surface area (Å²) in [5, 5.41) is 3.22. The van der Waals surface area contributed by atoms with Gasteiger partial charge in [-0.05, 0) is 41.3 Å². The van der Waals surface area contributed by atoms with Crippen LogP contribution in [0.5, 0.6) is 0 Å². The maximum absolute atomic E-state index is 13.3. The normalized spacial score (nSPS) is 12.9. The number of nitrogens with two attached hydrogens (primary N) is 1. The molecule has 2 atom stereocenters. The highest BCUT2D eigenvalue weighted by atomic mass is 35.5. The number of pyridine rings is 1. The molecule has 4 rings (SSSR count). The van der Waals surface area contributed by atoms with Crippen molar-refractivity contribution in [3.8, 4) is 22.4 Å². The molecule has 0 fully saturated rings. The zero-order valence-electron chi connectivity index (χ0n) is 18.9. The average molecular weight is 500 g/mol. The lowest BCUT2D eigenvalue weighted by Crippen LogP contribution is -2.25. The molecule has 2 aromatic heterocycles. The summed E-state index contributed by atoms with van der Waals surface area (Å²) < 4.78 is 39.8. The molecular formula is C26H25ClF3N5. The van der Waals surface area contributed by atoms with Gasteiger partial charge in [-0.15, -0.1) is 12.4 Å². The molecule has 0 aliphatic heterocycles. The Morgan fingerprint density at radius 3 is 2.34 bits per heavy atom. The van der Waals surface area contributed by atoms with E-state index in [1.165, 1.54) is 6.07 Å². The first-order valence-electron chi connectivity index (χ1n) is 10.8. The first-order valence-corrected chi connectivity index (χ1v) is 10.8. The minimum absolute atomic E-state index is 0. The predicted octanol–water partition coefficient (Wildman–Crippen LogP) is 6.39. The van der Waals surface area contributed by atoms with Gasteiger partial charge in [0.1, 0.15) is 0 Å². The fourth-order valence-corrected chi connectivity index (χ4v) is 3.65. The van der Waals surface area contributed by atoms with Crippen LogP contribution in [0.25, 0.3) is 22.4 Å². The second kappa shape index (κ2) is 11.3. The Kier molecular flexibility index (Phi) is 8.43. The van der Waals surface area contributed by atoms with Crippen molar-refractivity contribution in [2.75, 3.05) is 11.9 Å². The lowest BCUT2D eigenvalue weighted by molar-refractivity contribution is -0.137. The van der Waals surface area contributed by atoms with E-state index in [-0.39, 0.29) is 24.4 Å². The molecule has 9 heteroatoms. The Morgan fingerprint density at radius 2 is 1.66 bits per heavy atom. The molecule has 0 spiro atoms. The first-order chi connectivity index (χ1) is 16.3. The molecular weight excluding hydrogens is 475 g/mol. The summed E-state index contributed by atoms with van der Waals surface area (Å²) in [6.07, 6.45) is 0.327. The Labute approximate surface area is 208 Å². The SMILES string of the molecule is C[C@H](CNc1ncc(-c2cccc(C(F)(F)F)c2)c(-c2ccncc2)n1)[C@@H](N)c1ccccc1.Cl. The molecule has 2 heterocycles. The third-order valence-corrected chi connectivity index (χ3v) is 5.62. The van der Waals surface area contributed by atoms with Gasteiger partial charge in [0.25, 0.3) is 0 Å². The van der Waals surface area contributed by atoms with Crippen molar-refractivity contribution in [1.82, 2.24) is 15.0 Å². The Bertz CT molecular complexity index is 1240. The standard InChI is InChI=1S/C26H24F3N5.ClH/c1-17(23(30)18-6-3-2-4-7-18)15-32-25-33-16-22(24(34-25)19-10-12-31-13-11-19)20-8-5-9-21(14-20)26(27,28)29;/h2-14,16-17,23H,15,30H2,1H3,(H,32,33,34);1H/t17-,23-;/m1./s1. The number of alkyl halides is 3. The van der Waals surface area contributed by atoms with Crippen molar-refractivity contribution in [2.45, 2.75) is 19.1 Å². The van der Waals surface area contributed by atoms with E-state index in [9.17, 15) is 13.2 Å². The molecule has 0 bridgehead atoms. The highest BCUT2D eigenvalue weighted by Gasteiger charge is 2.30. The molecule has 0 saturated heterocycles. The lowest BCUT2D eigenvalue weighted by atomic mass is 9.95. The summed E-state index contributed by atoms with van der Waals surface area (Å²) in [7, 11) is 0. The van der Waals surface area contributed by atoms with Crippen LogP contribution in [0.2, 0.25) is 0 Å². The van der Waals surface area contributed by atoms with Crippen molar-refractivity contribution >= 4 is 18.4 Å². The Balaban J connectivity index is 0.00000342. The van der Waals surface area contributed by atoms with Gasteiger partial charge in [0, 0.05) is 42.3 Å². The van der Waals surface area contributed by atoms with Crippen molar-refractivity contribution < 1.29 is 13.2 Å². The van der Waals surface area contributed by atoms with Crippen LogP contribution in [0.1, 0.15) is 24.1 Å². The maximum atomic E-state index is 13.3. The van der Waals surface area contributed by atoms with Crippen LogP contribution in [0.15, 0.2) is 85.3 Å². The van der Waals surface area contributed by atoms with Crippen molar-refractivity contribution in [2.24, 2.45) is 11.7 Å². The number of aromatic nitrogens is 3. The van der Waals surface area contributed by atoms with E-state index < -0.39 is 11.7 Å². The van der Waals surface area contributed by atoms with Gasteiger partial charge in [0.05, 0.1) is 11.3 Å². The molecule has 4 aromatic rings. The van der Waals surface area contributed by atoms with E-state index in [0.29, 0.717) is 29.3 Å². The Morgan fingerprint density at radius 1 is 0.943 bits per heavy atom. The lowest BCUT2D eigenvalue weighted by Gasteiger charge is -2.21. The molecule has 5 nitrogen and oxygen atoms in total. The topological polar surface area (TPSA) is 76.7 Å². The highest BCUT2D eigenvalue weighted by molar-refractivity contribution is 5.85. The van der Waals surface area contributed by atoms with E-state index in [1.807, 2.05) is 37.3 Å². The van der Waals surface area contributed by atoms with Crippen LogP contribution < -0.4 is 11.1 Å². The second-order valence-corrected chi connectivity index (χ2v) is 8.06. The maximum Gasteiger partial charge on any atom is 0.416 e. The van der Waals surface area contributed by atoms with E-state index in [0.717, 1.165) is 23.3 Å². The van der Waals surface area contributed by atoms with E-state index in [2.05, 4.69) is 20.3 Å². The largest absolute Gasteiger partial charge is 0.416 e. The van der Waals surface area contributed by atoms with E-state index in [4.69, 9.17) is 5.73 Å². The summed E-state index contributed by atoms with van der Waals surface area (Å²) in [6.45, 7) is 2.56. The van der Waals surface area contributed by atoms with Crippen LogP contribution in [0.3, 0.4) is 0 Å². The molecule has 3 N–H and O–H groups in total. The molecule has 35 heavy (non-hydrogen) atoms. The number of halogens is 4. The number of benzene rings is 2. The summed E-state index contributed by atoms with van der Waals surface area (Å²) in [6, 6.07) is 18.3. The second-order valence-electron chi connectivity index (χ2n) is 8.06. The summed E-state index contributed by atoms with van der Waals surface area (Å²) in [4.78, 5) is 13.0. The zero-order valence-corrected chi connectivity index (χ0v) is 19.7. The molecule has 0 radical (unpaired) electrons. The molecule has 0 aliphatic rings. The van der Waals surface area contributed by atoms with Gasteiger partial charge in [-0.3, -0.25) is 4.98 Å². The predicted molar refractivity (Wildman–Crippen MR) is 134 cm³/mol. The van der Waals surface area contributed by atoms with Crippen LogP contribution in [0, 0.1) is 5.92 Å². The van der Waals surface area contributed by atoms with Gasteiger partial charge in [-0.2, -0.15) is 13.2 Å². The van der Waals surface area contributed by atoms with Crippen molar-refractivity contribution in [3.63, 3.8) is 0 Å². The highest BCUT2D eigenvalue weighted by Crippen LogP contribution is 2.35. The monoisotopic (exact) mass is 499 g/mol. The number of hydrogen-bond donors (Lipinski definition) is 2. The van der Waals surface area contributed by atoms with Gasteiger partial charge >= 0.3 is 6.18 Å². The van der Waals surface area contributed by atoms with Gasteiger partial charge in [0.2, 0.25) is 5.95 Å². The van der Waals surface area contributed by atoms with Crippen molar-refractivity contribution in [1.29, 1.82) is 0 Å². The molecule has 0 saturated carbocycles. The Hall–Kier alpha value is -3.49. The van der Waals surface area contributed by atoms with Gasteiger partial charge < -0.3 is 11.1 Å².